The molecular formula is C12H17FO. The molecule has 0 heterocycles. The average molecular weight is 196 g/mol. The molecule has 1 rings (SSSR count). The summed E-state index contributed by atoms with van der Waals surface area (Å²) in [6.07, 6.45) is 2.21. The number of methoxy groups -OCH3 is 1. The van der Waals surface area contributed by atoms with Crippen LogP contribution >= 0.6 is 0 Å². The van der Waals surface area contributed by atoms with Gasteiger partial charge >= 0.3 is 0 Å². The standard InChI is InChI=1S/C12H17FO/c1-4-5-9(2)10-6-7-12(14-3)11(13)8-10/h6-9H,4-5H2,1-3H3. The van der Waals surface area contributed by atoms with Crippen molar-refractivity contribution in [2.24, 2.45) is 0 Å². The second-order valence-electron chi connectivity index (χ2n) is 3.58. The van der Waals surface area contributed by atoms with Crippen molar-refractivity contribution in [2.45, 2.75) is 32.6 Å². The van der Waals surface area contributed by atoms with Crippen LogP contribution in [0.3, 0.4) is 0 Å². The minimum Gasteiger partial charge on any atom is -0.494 e. The molecule has 1 nitrogen and oxygen atoms in total. The Kier molecular flexibility index (Phi) is 3.93. The largest absolute Gasteiger partial charge is 0.494 e. The Morgan fingerprint density at radius 2 is 2.14 bits per heavy atom. The van der Waals surface area contributed by atoms with Crippen LogP contribution in [-0.2, 0) is 0 Å². The smallest absolute Gasteiger partial charge is 0.165 e. The van der Waals surface area contributed by atoms with Crippen molar-refractivity contribution >= 4 is 0 Å². The van der Waals surface area contributed by atoms with Gasteiger partial charge in [-0.15, -0.1) is 0 Å². The molecule has 0 fully saturated rings. The summed E-state index contributed by atoms with van der Waals surface area (Å²) >= 11 is 0. The maximum Gasteiger partial charge on any atom is 0.165 e. The van der Waals surface area contributed by atoms with Gasteiger partial charge in [0.1, 0.15) is 0 Å². The summed E-state index contributed by atoms with van der Waals surface area (Å²) in [5.41, 5.74) is 1.05. The number of ether oxygens (including phenoxy) is 1. The van der Waals surface area contributed by atoms with Gasteiger partial charge in [-0.05, 0) is 30.0 Å². The van der Waals surface area contributed by atoms with Crippen molar-refractivity contribution in [1.29, 1.82) is 0 Å². The van der Waals surface area contributed by atoms with Crippen LogP contribution in [0.4, 0.5) is 4.39 Å². The van der Waals surface area contributed by atoms with Gasteiger partial charge < -0.3 is 4.74 Å². The summed E-state index contributed by atoms with van der Waals surface area (Å²) in [5, 5.41) is 0. The maximum atomic E-state index is 13.3. The fourth-order valence-corrected chi connectivity index (χ4v) is 1.59. The summed E-state index contributed by atoms with van der Waals surface area (Å²) in [5.74, 6) is 0.464. The fraction of sp³-hybridized carbons (Fsp3) is 0.500. The summed E-state index contributed by atoms with van der Waals surface area (Å²) in [4.78, 5) is 0. The highest BCUT2D eigenvalue weighted by molar-refractivity contribution is 5.30. The van der Waals surface area contributed by atoms with Gasteiger partial charge in [-0.3, -0.25) is 0 Å². The Bertz CT molecular complexity index is 296. The first kappa shape index (κ1) is 11.0. The van der Waals surface area contributed by atoms with Crippen LogP contribution in [0.2, 0.25) is 0 Å². The SMILES string of the molecule is CCCC(C)c1ccc(OC)c(F)c1. The van der Waals surface area contributed by atoms with Gasteiger partial charge in [0.15, 0.2) is 11.6 Å². The van der Waals surface area contributed by atoms with Gasteiger partial charge in [0.05, 0.1) is 7.11 Å². The van der Waals surface area contributed by atoms with E-state index in [1.807, 2.05) is 6.07 Å². The van der Waals surface area contributed by atoms with Crippen LogP contribution in [0, 0.1) is 5.82 Å². The molecule has 1 aromatic rings. The van der Waals surface area contributed by atoms with Crippen molar-refractivity contribution in [1.82, 2.24) is 0 Å². The van der Waals surface area contributed by atoms with E-state index in [0.717, 1.165) is 18.4 Å². The van der Waals surface area contributed by atoms with Gasteiger partial charge in [0.2, 0.25) is 0 Å². The zero-order valence-corrected chi connectivity index (χ0v) is 9.01. The molecule has 0 aromatic heterocycles. The van der Waals surface area contributed by atoms with Crippen LogP contribution in [0.25, 0.3) is 0 Å². The van der Waals surface area contributed by atoms with Crippen LogP contribution in [0.15, 0.2) is 18.2 Å². The number of hydrogen-bond acceptors (Lipinski definition) is 1. The van der Waals surface area contributed by atoms with Gasteiger partial charge in [-0.25, -0.2) is 4.39 Å². The molecule has 0 aliphatic heterocycles. The first-order valence-electron chi connectivity index (χ1n) is 5.02. The first-order valence-corrected chi connectivity index (χ1v) is 5.02. The summed E-state index contributed by atoms with van der Waals surface area (Å²) in [6, 6.07) is 5.19. The van der Waals surface area contributed by atoms with E-state index in [0.29, 0.717) is 11.7 Å². The highest BCUT2D eigenvalue weighted by Crippen LogP contribution is 2.25. The molecular weight excluding hydrogens is 179 g/mol. The van der Waals surface area contributed by atoms with E-state index in [4.69, 9.17) is 4.74 Å². The number of rotatable bonds is 4. The van der Waals surface area contributed by atoms with Crippen LogP contribution in [-0.4, -0.2) is 7.11 Å². The molecule has 0 amide bonds. The number of hydrogen-bond donors (Lipinski definition) is 0. The Balaban J connectivity index is 2.85. The normalized spacial score (nSPS) is 12.6. The Morgan fingerprint density at radius 1 is 1.43 bits per heavy atom. The Morgan fingerprint density at radius 3 is 2.64 bits per heavy atom. The van der Waals surface area contributed by atoms with Crippen molar-refractivity contribution in [3.05, 3.63) is 29.6 Å². The van der Waals surface area contributed by atoms with Crippen LogP contribution in [0.5, 0.6) is 5.75 Å². The molecule has 0 bridgehead atoms. The molecule has 78 valence electrons. The zero-order chi connectivity index (χ0) is 10.6. The first-order chi connectivity index (χ1) is 6.69. The quantitative estimate of drug-likeness (QED) is 0.712. The maximum absolute atomic E-state index is 13.3. The van der Waals surface area contributed by atoms with E-state index in [1.54, 1.807) is 12.1 Å². The van der Waals surface area contributed by atoms with Crippen LogP contribution < -0.4 is 4.74 Å². The Hall–Kier alpha value is -1.05. The van der Waals surface area contributed by atoms with Crippen molar-refractivity contribution < 1.29 is 9.13 Å². The second-order valence-corrected chi connectivity index (χ2v) is 3.58. The molecule has 0 aliphatic rings. The van der Waals surface area contributed by atoms with E-state index in [2.05, 4.69) is 13.8 Å². The van der Waals surface area contributed by atoms with E-state index < -0.39 is 0 Å². The third-order valence-electron chi connectivity index (χ3n) is 2.47. The van der Waals surface area contributed by atoms with Gasteiger partial charge in [-0.1, -0.05) is 26.3 Å². The topological polar surface area (TPSA) is 9.23 Å². The monoisotopic (exact) mass is 196 g/mol. The molecule has 1 unspecified atom stereocenters. The van der Waals surface area contributed by atoms with Crippen molar-refractivity contribution in [2.75, 3.05) is 7.11 Å². The summed E-state index contributed by atoms with van der Waals surface area (Å²) in [6.45, 7) is 4.25. The predicted molar refractivity (Wildman–Crippen MR) is 56.3 cm³/mol. The summed E-state index contributed by atoms with van der Waals surface area (Å²) < 4.78 is 18.2. The van der Waals surface area contributed by atoms with E-state index in [1.165, 1.54) is 7.11 Å². The number of halogens is 1. The lowest BCUT2D eigenvalue weighted by Crippen LogP contribution is -1.95. The average Bonchev–Trinajstić information content (AvgIpc) is 2.18. The van der Waals surface area contributed by atoms with Crippen molar-refractivity contribution in [3.8, 4) is 5.75 Å². The van der Waals surface area contributed by atoms with Gasteiger partial charge in [0.25, 0.3) is 0 Å². The van der Waals surface area contributed by atoms with E-state index in [9.17, 15) is 4.39 Å². The highest BCUT2D eigenvalue weighted by atomic mass is 19.1. The third kappa shape index (κ3) is 2.47. The minimum absolute atomic E-state index is 0.270. The second kappa shape index (κ2) is 4.99. The predicted octanol–water partition coefficient (Wildman–Crippen LogP) is 3.74. The molecule has 0 radical (unpaired) electrons. The van der Waals surface area contributed by atoms with Crippen LogP contribution in [0.1, 0.15) is 38.2 Å². The third-order valence-corrected chi connectivity index (χ3v) is 2.47. The molecule has 14 heavy (non-hydrogen) atoms. The highest BCUT2D eigenvalue weighted by Gasteiger charge is 2.08. The molecule has 0 N–H and O–H groups in total. The molecule has 2 heteroatoms. The zero-order valence-electron chi connectivity index (χ0n) is 9.01. The lowest BCUT2D eigenvalue weighted by atomic mass is 9.96. The van der Waals surface area contributed by atoms with Crippen molar-refractivity contribution in [3.63, 3.8) is 0 Å². The lowest BCUT2D eigenvalue weighted by Gasteiger charge is -2.11. The Labute approximate surface area is 84.9 Å². The molecule has 0 saturated heterocycles. The van der Waals surface area contributed by atoms with E-state index >= 15 is 0 Å². The number of benzene rings is 1. The fourth-order valence-electron chi connectivity index (χ4n) is 1.59. The lowest BCUT2D eigenvalue weighted by molar-refractivity contribution is 0.386. The van der Waals surface area contributed by atoms with Gasteiger partial charge in [0, 0.05) is 0 Å². The minimum atomic E-state index is -0.270. The molecule has 1 atom stereocenters. The summed E-state index contributed by atoms with van der Waals surface area (Å²) in [7, 11) is 1.48. The molecule has 0 spiro atoms. The molecule has 1 aromatic carbocycles. The van der Waals surface area contributed by atoms with Gasteiger partial charge in [-0.2, -0.15) is 0 Å². The molecule has 0 aliphatic carbocycles. The van der Waals surface area contributed by atoms with E-state index in [-0.39, 0.29) is 5.82 Å². The molecule has 0 saturated carbocycles.